The Morgan fingerprint density at radius 2 is 1.85 bits per heavy atom. The molecule has 1 unspecified atom stereocenters. The van der Waals surface area contributed by atoms with Crippen molar-refractivity contribution in [3.8, 4) is 0 Å². The third-order valence-electron chi connectivity index (χ3n) is 4.17. The van der Waals surface area contributed by atoms with Crippen molar-refractivity contribution in [3.63, 3.8) is 0 Å². The summed E-state index contributed by atoms with van der Waals surface area (Å²) in [4.78, 5) is 25.8. The molecule has 1 saturated heterocycles. The summed E-state index contributed by atoms with van der Waals surface area (Å²) in [7, 11) is 0. The van der Waals surface area contributed by atoms with Crippen LogP contribution in [0.4, 0.5) is 24.5 Å². The molecule has 1 N–H and O–H groups in total. The molecule has 0 aromatic heterocycles. The van der Waals surface area contributed by atoms with Crippen LogP contribution in [0.1, 0.15) is 12.0 Å². The van der Waals surface area contributed by atoms with Crippen LogP contribution in [0, 0.1) is 5.92 Å². The van der Waals surface area contributed by atoms with Crippen LogP contribution in [0.2, 0.25) is 10.0 Å². The Labute approximate surface area is 162 Å². The summed E-state index contributed by atoms with van der Waals surface area (Å²) in [6, 6.07) is 9.03. The standard InChI is InChI=1S/C18H13Cl2F3N2O2/c19-14-5-4-12(8-15(14)20)24-17(27)10-6-16(26)25(9-10)13-3-1-2-11(7-13)18(21,22)23/h1-5,7-8,10H,6,9H2,(H,24,27). The number of hydrogen-bond donors (Lipinski definition) is 1. The van der Waals surface area contributed by atoms with Gasteiger partial charge in [0.1, 0.15) is 0 Å². The molecule has 1 aliphatic heterocycles. The van der Waals surface area contributed by atoms with Gasteiger partial charge in [-0.15, -0.1) is 0 Å². The number of halogens is 5. The zero-order valence-corrected chi connectivity index (χ0v) is 15.2. The molecule has 0 saturated carbocycles. The Morgan fingerprint density at radius 1 is 1.11 bits per heavy atom. The van der Waals surface area contributed by atoms with Gasteiger partial charge >= 0.3 is 6.18 Å². The first-order valence-electron chi connectivity index (χ1n) is 7.88. The van der Waals surface area contributed by atoms with Gasteiger partial charge in [0.05, 0.1) is 21.5 Å². The number of hydrogen-bond acceptors (Lipinski definition) is 2. The number of carbonyl (C=O) groups excluding carboxylic acids is 2. The Kier molecular flexibility index (Phi) is 5.35. The molecule has 2 amide bonds. The highest BCUT2D eigenvalue weighted by atomic mass is 35.5. The minimum absolute atomic E-state index is 0.00665. The van der Waals surface area contributed by atoms with Crippen molar-refractivity contribution in [2.75, 3.05) is 16.8 Å². The van der Waals surface area contributed by atoms with Gasteiger partial charge in [0.15, 0.2) is 0 Å². The molecule has 0 radical (unpaired) electrons. The highest BCUT2D eigenvalue weighted by Gasteiger charge is 2.37. The van der Waals surface area contributed by atoms with Gasteiger partial charge in [-0.1, -0.05) is 29.3 Å². The first-order valence-corrected chi connectivity index (χ1v) is 8.64. The number of benzene rings is 2. The van der Waals surface area contributed by atoms with Crippen LogP contribution in [0.25, 0.3) is 0 Å². The fourth-order valence-electron chi connectivity index (χ4n) is 2.80. The normalized spacial score (nSPS) is 17.3. The van der Waals surface area contributed by atoms with E-state index in [1.165, 1.54) is 29.2 Å². The summed E-state index contributed by atoms with van der Waals surface area (Å²) >= 11 is 11.7. The second-order valence-corrected chi connectivity index (χ2v) is 6.89. The van der Waals surface area contributed by atoms with E-state index in [1.54, 1.807) is 6.07 Å². The Balaban J connectivity index is 1.73. The van der Waals surface area contributed by atoms with Crippen LogP contribution in [0.5, 0.6) is 0 Å². The molecule has 1 aliphatic rings. The SMILES string of the molecule is O=C(Nc1ccc(Cl)c(Cl)c1)C1CC(=O)N(c2cccc(C(F)(F)F)c2)C1. The lowest BCUT2D eigenvalue weighted by Gasteiger charge is -2.18. The van der Waals surface area contributed by atoms with Gasteiger partial charge < -0.3 is 10.2 Å². The third kappa shape index (κ3) is 4.36. The maximum absolute atomic E-state index is 12.9. The van der Waals surface area contributed by atoms with E-state index in [0.29, 0.717) is 10.7 Å². The average Bonchev–Trinajstić information content (AvgIpc) is 2.99. The summed E-state index contributed by atoms with van der Waals surface area (Å²) in [5.74, 6) is -1.53. The molecule has 142 valence electrons. The fourth-order valence-corrected chi connectivity index (χ4v) is 3.10. The lowest BCUT2D eigenvalue weighted by Crippen LogP contribution is -2.28. The van der Waals surface area contributed by atoms with Crippen molar-refractivity contribution in [1.29, 1.82) is 0 Å². The van der Waals surface area contributed by atoms with E-state index in [0.717, 1.165) is 12.1 Å². The van der Waals surface area contributed by atoms with Crippen LogP contribution >= 0.6 is 23.2 Å². The molecule has 1 fully saturated rings. The Morgan fingerprint density at radius 3 is 2.52 bits per heavy atom. The van der Waals surface area contributed by atoms with Crippen LogP contribution in [0.15, 0.2) is 42.5 Å². The van der Waals surface area contributed by atoms with E-state index in [4.69, 9.17) is 23.2 Å². The number of nitrogens with zero attached hydrogens (tertiary/aromatic N) is 1. The Hall–Kier alpha value is -2.25. The van der Waals surface area contributed by atoms with Crippen LogP contribution in [-0.2, 0) is 15.8 Å². The first-order chi connectivity index (χ1) is 12.6. The Bertz CT molecular complexity index is 902. The summed E-state index contributed by atoms with van der Waals surface area (Å²) in [5, 5.41) is 3.24. The summed E-state index contributed by atoms with van der Waals surface area (Å²) in [6.07, 6.45) is -4.60. The van der Waals surface area contributed by atoms with Crippen molar-refractivity contribution >= 4 is 46.4 Å². The van der Waals surface area contributed by atoms with Crippen LogP contribution in [-0.4, -0.2) is 18.4 Å². The number of nitrogens with one attached hydrogen (secondary N) is 1. The van der Waals surface area contributed by atoms with Gasteiger partial charge in [0, 0.05) is 24.3 Å². The molecule has 2 aromatic rings. The number of rotatable bonds is 3. The van der Waals surface area contributed by atoms with Crippen molar-refractivity contribution in [1.82, 2.24) is 0 Å². The molecule has 0 aliphatic carbocycles. The monoisotopic (exact) mass is 416 g/mol. The zero-order chi connectivity index (χ0) is 19.8. The van der Waals surface area contributed by atoms with Crippen molar-refractivity contribution in [2.24, 2.45) is 5.92 Å². The fraction of sp³-hybridized carbons (Fsp3) is 0.222. The minimum atomic E-state index is -4.51. The van der Waals surface area contributed by atoms with E-state index in [1.807, 2.05) is 0 Å². The number of amides is 2. The molecular formula is C18H13Cl2F3N2O2. The smallest absolute Gasteiger partial charge is 0.326 e. The van der Waals surface area contributed by atoms with Gasteiger partial charge in [0.2, 0.25) is 11.8 Å². The molecular weight excluding hydrogens is 404 g/mol. The topological polar surface area (TPSA) is 49.4 Å². The van der Waals surface area contributed by atoms with E-state index in [9.17, 15) is 22.8 Å². The molecule has 1 atom stereocenters. The van der Waals surface area contributed by atoms with Crippen LogP contribution in [0.3, 0.4) is 0 Å². The van der Waals surface area contributed by atoms with Gasteiger partial charge in [-0.05, 0) is 36.4 Å². The average molecular weight is 417 g/mol. The second kappa shape index (κ2) is 7.40. The van der Waals surface area contributed by atoms with E-state index >= 15 is 0 Å². The summed E-state index contributed by atoms with van der Waals surface area (Å²) in [5.41, 5.74) is -0.324. The van der Waals surface area contributed by atoms with Crippen molar-refractivity contribution in [2.45, 2.75) is 12.6 Å². The largest absolute Gasteiger partial charge is 0.416 e. The predicted molar refractivity (Wildman–Crippen MR) is 97.0 cm³/mol. The van der Waals surface area contributed by atoms with E-state index in [2.05, 4.69) is 5.32 Å². The lowest BCUT2D eigenvalue weighted by molar-refractivity contribution is -0.137. The molecule has 0 spiro atoms. The lowest BCUT2D eigenvalue weighted by atomic mass is 10.1. The maximum Gasteiger partial charge on any atom is 0.416 e. The van der Waals surface area contributed by atoms with Gasteiger partial charge in [-0.3, -0.25) is 9.59 Å². The predicted octanol–water partition coefficient (Wildman–Crippen LogP) is 5.00. The second-order valence-electron chi connectivity index (χ2n) is 6.07. The molecule has 4 nitrogen and oxygen atoms in total. The molecule has 2 aromatic carbocycles. The zero-order valence-electron chi connectivity index (χ0n) is 13.7. The molecule has 0 bridgehead atoms. The number of carbonyl (C=O) groups is 2. The third-order valence-corrected chi connectivity index (χ3v) is 4.91. The minimum Gasteiger partial charge on any atom is -0.326 e. The molecule has 27 heavy (non-hydrogen) atoms. The highest BCUT2D eigenvalue weighted by molar-refractivity contribution is 6.42. The molecule has 3 rings (SSSR count). The number of anilines is 2. The van der Waals surface area contributed by atoms with Crippen LogP contribution < -0.4 is 10.2 Å². The van der Waals surface area contributed by atoms with Gasteiger partial charge in [-0.2, -0.15) is 13.2 Å². The summed E-state index contributed by atoms with van der Waals surface area (Å²) < 4.78 is 38.6. The first kappa shape index (κ1) is 19.5. The molecule has 1 heterocycles. The van der Waals surface area contributed by atoms with Gasteiger partial charge in [-0.25, -0.2) is 0 Å². The summed E-state index contributed by atoms with van der Waals surface area (Å²) in [6.45, 7) is -0.00665. The van der Waals surface area contributed by atoms with Gasteiger partial charge in [0.25, 0.3) is 0 Å². The highest BCUT2D eigenvalue weighted by Crippen LogP contribution is 2.34. The van der Waals surface area contributed by atoms with E-state index in [-0.39, 0.29) is 23.7 Å². The number of alkyl halides is 3. The van der Waals surface area contributed by atoms with E-state index < -0.39 is 29.5 Å². The molecule has 9 heteroatoms. The van der Waals surface area contributed by atoms with Crippen molar-refractivity contribution in [3.05, 3.63) is 58.1 Å². The van der Waals surface area contributed by atoms with Crippen molar-refractivity contribution < 1.29 is 22.8 Å². The maximum atomic E-state index is 12.9. The quantitative estimate of drug-likeness (QED) is 0.764.